The summed E-state index contributed by atoms with van der Waals surface area (Å²) in [6.45, 7) is 3.89. The lowest BCUT2D eigenvalue weighted by Gasteiger charge is -2.07. The van der Waals surface area contributed by atoms with Gasteiger partial charge in [-0.3, -0.25) is 4.79 Å². The average molecular weight is 230 g/mol. The van der Waals surface area contributed by atoms with Crippen LogP contribution < -0.4 is 5.32 Å². The summed E-state index contributed by atoms with van der Waals surface area (Å²) in [4.78, 5) is 11.5. The second-order valence-electron chi connectivity index (χ2n) is 3.51. The van der Waals surface area contributed by atoms with E-state index in [1.54, 1.807) is 19.9 Å². The molecular formula is C11H13ClFNO. The Labute approximate surface area is 93.4 Å². The Morgan fingerprint density at radius 3 is 2.73 bits per heavy atom. The zero-order valence-corrected chi connectivity index (χ0v) is 9.44. The molecule has 1 atom stereocenters. The minimum atomic E-state index is -0.404. The first kappa shape index (κ1) is 12.0. The van der Waals surface area contributed by atoms with Crippen molar-refractivity contribution in [1.82, 2.24) is 5.32 Å². The minimum Gasteiger partial charge on any atom is -0.351 e. The summed E-state index contributed by atoms with van der Waals surface area (Å²) >= 11 is 5.68. The van der Waals surface area contributed by atoms with Gasteiger partial charge in [-0.1, -0.05) is 0 Å². The summed E-state index contributed by atoms with van der Waals surface area (Å²) in [5.41, 5.74) is 1.05. The quantitative estimate of drug-likeness (QED) is 0.793. The number of aryl methyl sites for hydroxylation is 1. The average Bonchev–Trinajstić information content (AvgIpc) is 2.12. The molecule has 0 fully saturated rings. The third-order valence-electron chi connectivity index (χ3n) is 1.85. The fourth-order valence-corrected chi connectivity index (χ4v) is 1.28. The molecule has 1 aromatic carbocycles. The predicted molar refractivity (Wildman–Crippen MR) is 58.8 cm³/mol. The molecule has 4 heteroatoms. The summed E-state index contributed by atoms with van der Waals surface area (Å²) in [6.07, 6.45) is 0. The SMILES string of the molecule is Cc1cc(F)cc(C(=O)NCC(C)Cl)c1. The van der Waals surface area contributed by atoms with Gasteiger partial charge in [0.25, 0.3) is 5.91 Å². The zero-order valence-electron chi connectivity index (χ0n) is 8.68. The van der Waals surface area contributed by atoms with E-state index in [0.29, 0.717) is 12.1 Å². The molecule has 82 valence electrons. The number of halogens is 2. The number of carbonyl (C=O) groups is 1. The van der Waals surface area contributed by atoms with E-state index in [0.717, 1.165) is 5.56 Å². The van der Waals surface area contributed by atoms with Crippen molar-refractivity contribution in [2.45, 2.75) is 19.2 Å². The standard InChI is InChI=1S/C11H13ClFNO/c1-7-3-9(5-10(13)4-7)11(15)14-6-8(2)12/h3-5,8H,6H2,1-2H3,(H,14,15). The molecule has 0 spiro atoms. The highest BCUT2D eigenvalue weighted by molar-refractivity contribution is 6.20. The lowest BCUT2D eigenvalue weighted by molar-refractivity contribution is 0.0953. The minimum absolute atomic E-state index is 0.136. The number of nitrogens with one attached hydrogen (secondary N) is 1. The summed E-state index contributed by atoms with van der Waals surface area (Å²) in [5.74, 6) is -0.704. The Kier molecular flexibility index (Phi) is 4.09. The van der Waals surface area contributed by atoms with Crippen LogP contribution in [0.2, 0.25) is 0 Å². The number of amides is 1. The smallest absolute Gasteiger partial charge is 0.251 e. The molecule has 0 aromatic heterocycles. The first-order chi connectivity index (χ1) is 6.99. The van der Waals surface area contributed by atoms with Crippen LogP contribution in [0.5, 0.6) is 0 Å². The normalized spacial score (nSPS) is 12.3. The zero-order chi connectivity index (χ0) is 11.4. The first-order valence-electron chi connectivity index (χ1n) is 4.68. The van der Waals surface area contributed by atoms with Gasteiger partial charge in [-0.2, -0.15) is 0 Å². The molecule has 15 heavy (non-hydrogen) atoms. The van der Waals surface area contributed by atoms with Crippen molar-refractivity contribution >= 4 is 17.5 Å². The molecule has 0 bridgehead atoms. The van der Waals surface area contributed by atoms with Crippen molar-refractivity contribution in [3.05, 3.63) is 35.1 Å². The second kappa shape index (κ2) is 5.12. The van der Waals surface area contributed by atoms with E-state index in [1.165, 1.54) is 12.1 Å². The molecule has 1 rings (SSSR count). The molecule has 0 aliphatic rings. The van der Waals surface area contributed by atoms with Crippen LogP contribution in [0.4, 0.5) is 4.39 Å². The molecule has 1 amide bonds. The summed E-state index contributed by atoms with van der Waals surface area (Å²) in [5, 5.41) is 2.48. The number of rotatable bonds is 3. The largest absolute Gasteiger partial charge is 0.351 e. The van der Waals surface area contributed by atoms with Crippen LogP contribution in [0.1, 0.15) is 22.8 Å². The number of benzene rings is 1. The van der Waals surface area contributed by atoms with E-state index < -0.39 is 5.82 Å². The Morgan fingerprint density at radius 1 is 1.53 bits per heavy atom. The highest BCUT2D eigenvalue weighted by atomic mass is 35.5. The molecule has 2 nitrogen and oxygen atoms in total. The number of hydrogen-bond acceptors (Lipinski definition) is 1. The van der Waals surface area contributed by atoms with E-state index >= 15 is 0 Å². The fraction of sp³-hybridized carbons (Fsp3) is 0.364. The fourth-order valence-electron chi connectivity index (χ4n) is 1.20. The Morgan fingerprint density at radius 2 is 2.20 bits per heavy atom. The van der Waals surface area contributed by atoms with Crippen molar-refractivity contribution in [3.63, 3.8) is 0 Å². The summed E-state index contributed by atoms with van der Waals surface area (Å²) < 4.78 is 13.0. The predicted octanol–water partition coefficient (Wildman–Crippen LogP) is 2.49. The molecule has 1 N–H and O–H groups in total. The monoisotopic (exact) mass is 229 g/mol. The van der Waals surface area contributed by atoms with Crippen LogP contribution in [0, 0.1) is 12.7 Å². The maximum absolute atomic E-state index is 13.0. The van der Waals surface area contributed by atoms with Crippen LogP contribution in [0.3, 0.4) is 0 Å². The van der Waals surface area contributed by atoms with Gasteiger partial charge in [-0.25, -0.2) is 4.39 Å². The van der Waals surface area contributed by atoms with Gasteiger partial charge in [0, 0.05) is 17.5 Å². The molecule has 0 heterocycles. The van der Waals surface area contributed by atoms with Gasteiger partial charge < -0.3 is 5.32 Å². The lowest BCUT2D eigenvalue weighted by atomic mass is 10.1. The third kappa shape index (κ3) is 3.88. The number of alkyl halides is 1. The molecular weight excluding hydrogens is 217 g/mol. The maximum atomic E-state index is 13.0. The van der Waals surface area contributed by atoms with E-state index in [2.05, 4.69) is 5.32 Å². The molecule has 0 radical (unpaired) electrons. The van der Waals surface area contributed by atoms with Crippen molar-refractivity contribution in [3.8, 4) is 0 Å². The van der Waals surface area contributed by atoms with Gasteiger partial charge in [0.2, 0.25) is 0 Å². The van der Waals surface area contributed by atoms with Gasteiger partial charge in [-0.05, 0) is 37.6 Å². The topological polar surface area (TPSA) is 29.1 Å². The molecule has 0 aliphatic carbocycles. The van der Waals surface area contributed by atoms with Crippen molar-refractivity contribution in [1.29, 1.82) is 0 Å². The van der Waals surface area contributed by atoms with Gasteiger partial charge in [-0.15, -0.1) is 11.6 Å². The molecule has 1 aromatic rings. The highest BCUT2D eigenvalue weighted by Crippen LogP contribution is 2.08. The van der Waals surface area contributed by atoms with Crippen LogP contribution in [-0.2, 0) is 0 Å². The Bertz CT molecular complexity index is 345. The summed E-state index contributed by atoms with van der Waals surface area (Å²) in [6, 6.07) is 4.22. The van der Waals surface area contributed by atoms with Crippen molar-refractivity contribution < 1.29 is 9.18 Å². The first-order valence-corrected chi connectivity index (χ1v) is 5.12. The van der Waals surface area contributed by atoms with Crippen LogP contribution in [0.15, 0.2) is 18.2 Å². The van der Waals surface area contributed by atoms with Gasteiger partial charge in [0.05, 0.1) is 0 Å². The second-order valence-corrected chi connectivity index (χ2v) is 4.25. The number of hydrogen-bond donors (Lipinski definition) is 1. The van der Waals surface area contributed by atoms with E-state index in [-0.39, 0.29) is 11.3 Å². The van der Waals surface area contributed by atoms with Crippen LogP contribution >= 0.6 is 11.6 Å². The molecule has 0 aliphatic heterocycles. The van der Waals surface area contributed by atoms with Gasteiger partial charge in [0.1, 0.15) is 5.82 Å². The lowest BCUT2D eigenvalue weighted by Crippen LogP contribution is -2.28. The maximum Gasteiger partial charge on any atom is 0.251 e. The van der Waals surface area contributed by atoms with Crippen LogP contribution in [-0.4, -0.2) is 17.8 Å². The molecule has 1 unspecified atom stereocenters. The third-order valence-corrected chi connectivity index (χ3v) is 2.00. The summed E-state index contributed by atoms with van der Waals surface area (Å²) in [7, 11) is 0. The van der Waals surface area contributed by atoms with Gasteiger partial charge >= 0.3 is 0 Å². The van der Waals surface area contributed by atoms with E-state index in [1.807, 2.05) is 0 Å². The van der Waals surface area contributed by atoms with E-state index in [9.17, 15) is 9.18 Å². The van der Waals surface area contributed by atoms with Crippen molar-refractivity contribution in [2.24, 2.45) is 0 Å². The number of carbonyl (C=O) groups excluding carboxylic acids is 1. The van der Waals surface area contributed by atoms with E-state index in [4.69, 9.17) is 11.6 Å². The van der Waals surface area contributed by atoms with Crippen molar-refractivity contribution in [2.75, 3.05) is 6.54 Å². The Hall–Kier alpha value is -1.09. The van der Waals surface area contributed by atoms with Crippen LogP contribution in [0.25, 0.3) is 0 Å². The van der Waals surface area contributed by atoms with Gasteiger partial charge in [0.15, 0.2) is 0 Å². The highest BCUT2D eigenvalue weighted by Gasteiger charge is 2.08. The molecule has 0 saturated carbocycles. The molecule has 0 saturated heterocycles. The Balaban J connectivity index is 2.73.